The summed E-state index contributed by atoms with van der Waals surface area (Å²) in [5, 5.41) is 3.03. The molecule has 2 amide bonds. The van der Waals surface area contributed by atoms with Crippen LogP contribution in [-0.4, -0.2) is 64.5 Å². The number of likely N-dealkylation sites (tertiary alicyclic amines) is 1. The fourth-order valence-electron chi connectivity index (χ4n) is 4.96. The van der Waals surface area contributed by atoms with Gasteiger partial charge in [-0.05, 0) is 56.5 Å². The molecule has 0 bridgehead atoms. The molecule has 5 rings (SSSR count). The highest BCUT2D eigenvalue weighted by Crippen LogP contribution is 2.41. The SMILES string of the molecule is C=CC(=O)N1CCCC[C@@H](n2c(NC(=O)c3ccnc(C)c3)nc3ccc4c(c32)OCCN4C)C1. The minimum Gasteiger partial charge on any atom is -0.487 e. The Balaban J connectivity index is 1.63. The summed E-state index contributed by atoms with van der Waals surface area (Å²) < 4.78 is 8.23. The molecule has 0 saturated carbocycles. The first kappa shape index (κ1) is 22.9. The zero-order chi connectivity index (χ0) is 24.5. The number of aromatic nitrogens is 3. The standard InChI is InChI=1S/C26H30N6O3/c1-4-22(33)31-12-6-5-7-19(16-31)32-23-20(8-9-21-24(23)35-14-13-30(21)3)28-26(32)29-25(34)18-10-11-27-17(2)15-18/h4,8-11,15,19H,1,5-7,12-14,16H2,2-3H3,(H,28,29,34)/t19-/m1/s1. The number of aryl methyl sites for hydroxylation is 1. The zero-order valence-corrected chi connectivity index (χ0v) is 20.2. The number of hydrogen-bond donors (Lipinski definition) is 1. The van der Waals surface area contributed by atoms with Crippen molar-refractivity contribution in [1.29, 1.82) is 0 Å². The van der Waals surface area contributed by atoms with Gasteiger partial charge in [0.05, 0.1) is 23.8 Å². The molecule has 1 atom stereocenters. The number of carbonyl (C=O) groups excluding carboxylic acids is 2. The Hall–Kier alpha value is -3.88. The van der Waals surface area contributed by atoms with Crippen LogP contribution in [0.4, 0.5) is 11.6 Å². The number of fused-ring (bicyclic) bond motifs is 3. The fraction of sp³-hybridized carbons (Fsp3) is 0.385. The van der Waals surface area contributed by atoms with Crippen molar-refractivity contribution in [3.05, 3.63) is 54.4 Å². The number of anilines is 2. The number of pyridine rings is 1. The average molecular weight is 475 g/mol. The van der Waals surface area contributed by atoms with Gasteiger partial charge in [0.25, 0.3) is 5.91 Å². The van der Waals surface area contributed by atoms with E-state index < -0.39 is 0 Å². The Bertz CT molecular complexity index is 1300. The van der Waals surface area contributed by atoms with Crippen LogP contribution in [0.2, 0.25) is 0 Å². The molecule has 0 aliphatic carbocycles. The summed E-state index contributed by atoms with van der Waals surface area (Å²) in [5.41, 5.74) is 3.84. The molecular formula is C26H30N6O3. The summed E-state index contributed by atoms with van der Waals surface area (Å²) >= 11 is 0. The Kier molecular flexibility index (Phi) is 6.15. The normalized spacial score (nSPS) is 17.9. The molecule has 4 heterocycles. The smallest absolute Gasteiger partial charge is 0.258 e. The third-order valence-electron chi connectivity index (χ3n) is 6.75. The van der Waals surface area contributed by atoms with E-state index in [2.05, 4.69) is 26.3 Å². The van der Waals surface area contributed by atoms with Crippen LogP contribution in [0.1, 0.15) is 41.4 Å². The van der Waals surface area contributed by atoms with Crippen molar-refractivity contribution in [1.82, 2.24) is 19.4 Å². The van der Waals surface area contributed by atoms with E-state index in [4.69, 9.17) is 9.72 Å². The molecule has 182 valence electrons. The van der Waals surface area contributed by atoms with Crippen LogP contribution < -0.4 is 15.0 Å². The number of nitrogens with zero attached hydrogens (tertiary/aromatic N) is 5. The second-order valence-electron chi connectivity index (χ2n) is 9.13. The summed E-state index contributed by atoms with van der Waals surface area (Å²) in [6.45, 7) is 8.07. The summed E-state index contributed by atoms with van der Waals surface area (Å²) in [6, 6.07) is 7.32. The summed E-state index contributed by atoms with van der Waals surface area (Å²) in [6.07, 6.45) is 5.71. The van der Waals surface area contributed by atoms with Crippen LogP contribution in [0.5, 0.6) is 5.75 Å². The first-order valence-corrected chi connectivity index (χ1v) is 12.0. The molecule has 1 fully saturated rings. The van der Waals surface area contributed by atoms with Gasteiger partial charge in [-0.1, -0.05) is 6.58 Å². The van der Waals surface area contributed by atoms with Gasteiger partial charge in [0.2, 0.25) is 11.9 Å². The highest BCUT2D eigenvalue weighted by molar-refractivity contribution is 6.04. The molecule has 0 unspecified atom stereocenters. The van der Waals surface area contributed by atoms with Crippen molar-refractivity contribution < 1.29 is 14.3 Å². The molecule has 35 heavy (non-hydrogen) atoms. The number of carbonyl (C=O) groups is 2. The number of hydrogen-bond acceptors (Lipinski definition) is 6. The van der Waals surface area contributed by atoms with Gasteiger partial charge in [-0.25, -0.2) is 4.98 Å². The summed E-state index contributed by atoms with van der Waals surface area (Å²) in [4.78, 5) is 38.7. The van der Waals surface area contributed by atoms with Crippen molar-refractivity contribution in [2.24, 2.45) is 0 Å². The number of rotatable bonds is 4. The van der Waals surface area contributed by atoms with Gasteiger partial charge < -0.3 is 19.1 Å². The first-order valence-electron chi connectivity index (χ1n) is 12.0. The van der Waals surface area contributed by atoms with Gasteiger partial charge >= 0.3 is 0 Å². The van der Waals surface area contributed by atoms with Crippen LogP contribution in [0.3, 0.4) is 0 Å². The van der Waals surface area contributed by atoms with Crippen LogP contribution in [0.25, 0.3) is 11.0 Å². The maximum Gasteiger partial charge on any atom is 0.258 e. The summed E-state index contributed by atoms with van der Waals surface area (Å²) in [7, 11) is 2.04. The van der Waals surface area contributed by atoms with Gasteiger partial charge in [-0.3, -0.25) is 19.9 Å². The van der Waals surface area contributed by atoms with Gasteiger partial charge in [0, 0.05) is 37.6 Å². The van der Waals surface area contributed by atoms with Crippen LogP contribution in [0, 0.1) is 6.92 Å². The molecule has 1 saturated heterocycles. The average Bonchev–Trinajstić information content (AvgIpc) is 3.04. The third-order valence-corrected chi connectivity index (χ3v) is 6.75. The van der Waals surface area contributed by atoms with E-state index in [0.717, 1.165) is 54.0 Å². The monoisotopic (exact) mass is 474 g/mol. The maximum absolute atomic E-state index is 13.2. The number of amides is 2. The molecule has 9 nitrogen and oxygen atoms in total. The molecule has 3 aromatic rings. The topological polar surface area (TPSA) is 92.6 Å². The predicted octanol–water partition coefficient (Wildman–Crippen LogP) is 3.56. The lowest BCUT2D eigenvalue weighted by Crippen LogP contribution is -2.34. The van der Waals surface area contributed by atoms with E-state index in [1.54, 1.807) is 18.3 Å². The third kappa shape index (κ3) is 4.34. The van der Waals surface area contributed by atoms with Gasteiger partial charge in [-0.2, -0.15) is 0 Å². The Labute approximate surface area is 204 Å². The molecule has 1 aromatic carbocycles. The number of benzene rings is 1. The lowest BCUT2D eigenvalue weighted by atomic mass is 10.1. The van der Waals surface area contributed by atoms with Crippen LogP contribution in [-0.2, 0) is 4.79 Å². The molecule has 2 aliphatic rings. The van der Waals surface area contributed by atoms with Crippen molar-refractivity contribution in [2.75, 3.05) is 43.5 Å². The lowest BCUT2D eigenvalue weighted by molar-refractivity contribution is -0.126. The second kappa shape index (κ2) is 9.40. The van der Waals surface area contributed by atoms with E-state index in [9.17, 15) is 9.59 Å². The van der Waals surface area contributed by atoms with Crippen molar-refractivity contribution in [3.8, 4) is 5.75 Å². The van der Waals surface area contributed by atoms with E-state index in [0.29, 0.717) is 31.2 Å². The van der Waals surface area contributed by atoms with E-state index in [-0.39, 0.29) is 17.9 Å². The first-order chi connectivity index (χ1) is 17.0. The summed E-state index contributed by atoms with van der Waals surface area (Å²) in [5.74, 6) is 0.862. The van der Waals surface area contributed by atoms with Crippen molar-refractivity contribution in [3.63, 3.8) is 0 Å². The van der Waals surface area contributed by atoms with Crippen LogP contribution in [0.15, 0.2) is 43.1 Å². The fourth-order valence-corrected chi connectivity index (χ4v) is 4.96. The van der Waals surface area contributed by atoms with Crippen molar-refractivity contribution >= 4 is 34.5 Å². The molecule has 0 spiro atoms. The number of ether oxygens (including phenoxy) is 1. The van der Waals surface area contributed by atoms with E-state index in [1.807, 2.05) is 31.0 Å². The number of nitrogens with one attached hydrogen (secondary N) is 1. The predicted molar refractivity (Wildman–Crippen MR) is 135 cm³/mol. The van der Waals surface area contributed by atoms with Gasteiger partial charge in [-0.15, -0.1) is 0 Å². The van der Waals surface area contributed by atoms with Crippen molar-refractivity contribution in [2.45, 2.75) is 32.2 Å². The Morgan fingerprint density at radius 2 is 2.09 bits per heavy atom. The molecule has 1 N–H and O–H groups in total. The number of imidazole rings is 1. The minimum atomic E-state index is -0.258. The maximum atomic E-state index is 13.2. The molecular weight excluding hydrogens is 444 g/mol. The van der Waals surface area contributed by atoms with Crippen LogP contribution >= 0.6 is 0 Å². The molecule has 9 heteroatoms. The largest absolute Gasteiger partial charge is 0.487 e. The molecule has 2 aromatic heterocycles. The minimum absolute atomic E-state index is 0.0804. The van der Waals surface area contributed by atoms with Gasteiger partial charge in [0.1, 0.15) is 12.1 Å². The van der Waals surface area contributed by atoms with Gasteiger partial charge in [0.15, 0.2) is 5.75 Å². The highest BCUT2D eigenvalue weighted by Gasteiger charge is 2.30. The highest BCUT2D eigenvalue weighted by atomic mass is 16.5. The number of likely N-dealkylation sites (N-methyl/N-ethyl adjacent to an activating group) is 1. The molecule has 0 radical (unpaired) electrons. The Morgan fingerprint density at radius 3 is 2.89 bits per heavy atom. The Morgan fingerprint density at radius 1 is 1.23 bits per heavy atom. The molecule has 2 aliphatic heterocycles. The quantitative estimate of drug-likeness (QED) is 0.582. The zero-order valence-electron chi connectivity index (χ0n) is 20.2. The lowest BCUT2D eigenvalue weighted by Gasteiger charge is -2.30. The van der Waals surface area contributed by atoms with E-state index >= 15 is 0 Å². The van der Waals surface area contributed by atoms with E-state index in [1.165, 1.54) is 6.08 Å². The second-order valence-corrected chi connectivity index (χ2v) is 9.13.